The number of rotatable bonds is 3. The summed E-state index contributed by atoms with van der Waals surface area (Å²) in [5.74, 6) is 0.699. The number of aromatic hydroxyl groups is 1. The first-order valence-electron chi connectivity index (χ1n) is 7.47. The summed E-state index contributed by atoms with van der Waals surface area (Å²) in [7, 11) is 1.57. The van der Waals surface area contributed by atoms with E-state index >= 15 is 0 Å². The van der Waals surface area contributed by atoms with Gasteiger partial charge in [0.05, 0.1) is 30.0 Å². The van der Waals surface area contributed by atoms with E-state index in [2.05, 4.69) is 4.98 Å². The van der Waals surface area contributed by atoms with Crippen molar-refractivity contribution in [1.29, 1.82) is 0 Å². The largest absolute Gasteiger partial charge is 0.507 e. The molecule has 0 amide bonds. The molecule has 0 spiro atoms. The smallest absolute Gasteiger partial charge is 0.132 e. The average Bonchev–Trinajstić information content (AvgIpc) is 2.53. The maximum atomic E-state index is 10.2. The second-order valence-electron chi connectivity index (χ2n) is 5.63. The standard InChI is InChI=1S/C19H19NO3/c1-11-9-16(19-17(22)5-4-6-18(19)23-3)20-15-10-13(12(2)21)7-8-14(11)15/h4-10,12,21-22H,1-3H3. The van der Waals surface area contributed by atoms with Gasteiger partial charge in [-0.05, 0) is 49.2 Å². The molecule has 0 bridgehead atoms. The Morgan fingerprint density at radius 1 is 1.13 bits per heavy atom. The van der Waals surface area contributed by atoms with Crippen LogP contribution in [0.4, 0.5) is 0 Å². The highest BCUT2D eigenvalue weighted by Gasteiger charge is 2.14. The van der Waals surface area contributed by atoms with Gasteiger partial charge in [0.2, 0.25) is 0 Å². The minimum atomic E-state index is -0.551. The van der Waals surface area contributed by atoms with Crippen LogP contribution < -0.4 is 4.74 Å². The number of phenols is 1. The molecule has 1 unspecified atom stereocenters. The minimum absolute atomic E-state index is 0.127. The molecule has 0 radical (unpaired) electrons. The average molecular weight is 309 g/mol. The summed E-state index contributed by atoms with van der Waals surface area (Å²) in [5.41, 5.74) is 3.86. The topological polar surface area (TPSA) is 62.6 Å². The third kappa shape index (κ3) is 2.73. The number of methoxy groups -OCH3 is 1. The predicted octanol–water partition coefficient (Wildman–Crippen LogP) is 3.98. The normalized spacial score (nSPS) is 12.3. The van der Waals surface area contributed by atoms with E-state index in [1.807, 2.05) is 31.2 Å². The van der Waals surface area contributed by atoms with Crippen LogP contribution in [-0.4, -0.2) is 22.3 Å². The first-order valence-corrected chi connectivity index (χ1v) is 7.47. The fourth-order valence-corrected chi connectivity index (χ4v) is 2.75. The van der Waals surface area contributed by atoms with Gasteiger partial charge in [0.1, 0.15) is 11.5 Å². The lowest BCUT2D eigenvalue weighted by Gasteiger charge is -2.13. The van der Waals surface area contributed by atoms with E-state index in [0.717, 1.165) is 22.0 Å². The van der Waals surface area contributed by atoms with Crippen LogP contribution in [0, 0.1) is 6.92 Å². The summed E-state index contributed by atoms with van der Waals surface area (Å²) < 4.78 is 5.35. The van der Waals surface area contributed by atoms with Gasteiger partial charge in [-0.3, -0.25) is 0 Å². The molecule has 4 nitrogen and oxygen atoms in total. The molecule has 0 aliphatic rings. The molecule has 4 heteroatoms. The van der Waals surface area contributed by atoms with E-state index in [1.165, 1.54) is 0 Å². The first-order chi connectivity index (χ1) is 11.0. The number of fused-ring (bicyclic) bond motifs is 1. The van der Waals surface area contributed by atoms with Gasteiger partial charge in [0.25, 0.3) is 0 Å². The van der Waals surface area contributed by atoms with Crippen LogP contribution in [0.5, 0.6) is 11.5 Å². The monoisotopic (exact) mass is 309 g/mol. The van der Waals surface area contributed by atoms with E-state index in [9.17, 15) is 10.2 Å². The van der Waals surface area contributed by atoms with Crippen LogP contribution in [-0.2, 0) is 0 Å². The lowest BCUT2D eigenvalue weighted by atomic mass is 10.0. The van der Waals surface area contributed by atoms with Crippen LogP contribution in [0.15, 0.2) is 42.5 Å². The molecule has 2 aromatic carbocycles. The summed E-state index contributed by atoms with van der Waals surface area (Å²) in [6.07, 6.45) is -0.551. The van der Waals surface area contributed by atoms with Crippen LogP contribution in [0.25, 0.3) is 22.2 Å². The molecule has 0 fully saturated rings. The molecule has 3 rings (SSSR count). The number of nitrogens with zero attached hydrogens (tertiary/aromatic N) is 1. The second kappa shape index (κ2) is 5.89. The van der Waals surface area contributed by atoms with E-state index in [1.54, 1.807) is 32.2 Å². The molecule has 3 aromatic rings. The van der Waals surface area contributed by atoms with Crippen LogP contribution >= 0.6 is 0 Å². The van der Waals surface area contributed by atoms with Crippen molar-refractivity contribution in [3.8, 4) is 22.8 Å². The number of aryl methyl sites for hydroxylation is 1. The summed E-state index contributed by atoms with van der Waals surface area (Å²) >= 11 is 0. The van der Waals surface area contributed by atoms with Gasteiger partial charge in [-0.2, -0.15) is 0 Å². The van der Waals surface area contributed by atoms with Gasteiger partial charge in [-0.15, -0.1) is 0 Å². The Morgan fingerprint density at radius 3 is 2.61 bits per heavy atom. The number of benzene rings is 2. The summed E-state index contributed by atoms with van der Waals surface area (Å²) in [6.45, 7) is 3.73. The molecule has 1 heterocycles. The van der Waals surface area contributed by atoms with Crippen molar-refractivity contribution in [2.45, 2.75) is 20.0 Å². The Kier molecular flexibility index (Phi) is 3.92. The second-order valence-corrected chi connectivity index (χ2v) is 5.63. The molecule has 1 aromatic heterocycles. The number of pyridine rings is 1. The van der Waals surface area contributed by atoms with Gasteiger partial charge in [0.15, 0.2) is 0 Å². The van der Waals surface area contributed by atoms with Crippen molar-refractivity contribution in [1.82, 2.24) is 4.98 Å². The van der Waals surface area contributed by atoms with Gasteiger partial charge in [0, 0.05) is 5.39 Å². The molecule has 2 N–H and O–H groups in total. The Morgan fingerprint density at radius 2 is 1.91 bits per heavy atom. The quantitative estimate of drug-likeness (QED) is 0.768. The molecule has 23 heavy (non-hydrogen) atoms. The molecule has 1 atom stereocenters. The number of aliphatic hydroxyl groups excluding tert-OH is 1. The number of aromatic nitrogens is 1. The number of hydrogen-bond donors (Lipinski definition) is 2. The number of ether oxygens (including phenoxy) is 1. The molecule has 0 aliphatic carbocycles. The lowest BCUT2D eigenvalue weighted by molar-refractivity contribution is 0.199. The fourth-order valence-electron chi connectivity index (χ4n) is 2.75. The van der Waals surface area contributed by atoms with Crippen molar-refractivity contribution < 1.29 is 14.9 Å². The van der Waals surface area contributed by atoms with Crippen LogP contribution in [0.2, 0.25) is 0 Å². The zero-order valence-electron chi connectivity index (χ0n) is 13.4. The van der Waals surface area contributed by atoms with Gasteiger partial charge in [-0.1, -0.05) is 18.2 Å². The van der Waals surface area contributed by atoms with E-state index in [-0.39, 0.29) is 5.75 Å². The van der Waals surface area contributed by atoms with Crippen LogP contribution in [0.3, 0.4) is 0 Å². The highest BCUT2D eigenvalue weighted by atomic mass is 16.5. The third-order valence-electron chi connectivity index (χ3n) is 4.00. The number of phenolic OH excluding ortho intramolecular Hbond substituents is 1. The SMILES string of the molecule is COc1cccc(O)c1-c1cc(C)c2ccc(C(C)O)cc2n1. The fraction of sp³-hybridized carbons (Fsp3) is 0.211. The maximum Gasteiger partial charge on any atom is 0.132 e. The number of hydrogen-bond acceptors (Lipinski definition) is 4. The zero-order valence-corrected chi connectivity index (χ0v) is 13.4. The minimum Gasteiger partial charge on any atom is -0.507 e. The van der Waals surface area contributed by atoms with Gasteiger partial charge >= 0.3 is 0 Å². The van der Waals surface area contributed by atoms with Crippen molar-refractivity contribution in [2.24, 2.45) is 0 Å². The Balaban J connectivity index is 2.27. The number of aliphatic hydroxyl groups is 1. The molecule has 0 saturated heterocycles. The Hall–Kier alpha value is -2.59. The van der Waals surface area contributed by atoms with E-state index in [0.29, 0.717) is 17.0 Å². The third-order valence-corrected chi connectivity index (χ3v) is 4.00. The molecular weight excluding hydrogens is 290 g/mol. The summed E-state index contributed by atoms with van der Waals surface area (Å²) in [5, 5.41) is 21.0. The Labute approximate surface area is 135 Å². The highest BCUT2D eigenvalue weighted by molar-refractivity contribution is 5.87. The van der Waals surface area contributed by atoms with Gasteiger partial charge in [-0.25, -0.2) is 4.98 Å². The predicted molar refractivity (Wildman–Crippen MR) is 90.8 cm³/mol. The van der Waals surface area contributed by atoms with Crippen LogP contribution in [0.1, 0.15) is 24.2 Å². The first kappa shape index (κ1) is 15.3. The maximum absolute atomic E-state index is 10.2. The van der Waals surface area contributed by atoms with Crippen molar-refractivity contribution in [2.75, 3.05) is 7.11 Å². The molecule has 118 valence electrons. The van der Waals surface area contributed by atoms with Crippen molar-refractivity contribution in [3.63, 3.8) is 0 Å². The zero-order chi connectivity index (χ0) is 16.6. The van der Waals surface area contributed by atoms with E-state index in [4.69, 9.17) is 4.74 Å². The molecule has 0 saturated carbocycles. The molecule has 0 aliphatic heterocycles. The summed E-state index contributed by atoms with van der Waals surface area (Å²) in [4.78, 5) is 4.67. The van der Waals surface area contributed by atoms with Crippen molar-refractivity contribution >= 4 is 10.9 Å². The van der Waals surface area contributed by atoms with Crippen molar-refractivity contribution in [3.05, 3.63) is 53.6 Å². The van der Waals surface area contributed by atoms with Gasteiger partial charge < -0.3 is 14.9 Å². The summed E-state index contributed by atoms with van der Waals surface area (Å²) in [6, 6.07) is 12.8. The Bertz CT molecular complexity index is 872. The van der Waals surface area contributed by atoms with E-state index < -0.39 is 6.10 Å². The molecular formula is C19H19NO3. The highest BCUT2D eigenvalue weighted by Crippen LogP contribution is 2.38. The lowest BCUT2D eigenvalue weighted by Crippen LogP contribution is -1.95.